The van der Waals surface area contributed by atoms with Crippen molar-refractivity contribution in [1.82, 2.24) is 84.9 Å². The SMILES string of the molecule is CCCCNC(=O)C(CC(=O)CC(CC(=O)C(CC(=O)CC(CC)C(=O)N(C)CCN(C)CCN(C)CCC(=O)OCCc1ncc[nH]1)CC(=O)N(C)CCN(C)CCN(C)CCC(=O)OCCc1ncc[nH]1)C(=O)N(C)CCN(C)CCNC)CC(=O)N(C)CCN(C)CCNC. The van der Waals surface area contributed by atoms with Crippen LogP contribution in [-0.2, 0) is 70.3 Å². The van der Waals surface area contributed by atoms with E-state index in [1.165, 1.54) is 9.80 Å². The zero-order chi connectivity index (χ0) is 73.0. The molecule has 2 aromatic heterocycles. The number of nitrogens with zero attached hydrogens (tertiary/aromatic N) is 12. The molecular formula is C69H125N17O12. The summed E-state index contributed by atoms with van der Waals surface area (Å²) in [6, 6.07) is 0. The quantitative estimate of drug-likeness (QED) is 0.0453. The van der Waals surface area contributed by atoms with Crippen molar-refractivity contribution in [3.8, 4) is 0 Å². The maximum absolute atomic E-state index is 15.1. The number of rotatable bonds is 58. The van der Waals surface area contributed by atoms with Gasteiger partial charge in [0.2, 0.25) is 29.5 Å². The molecule has 0 spiro atoms. The van der Waals surface area contributed by atoms with Crippen molar-refractivity contribution in [1.29, 1.82) is 0 Å². The topological polar surface area (TPSA) is 315 Å². The van der Waals surface area contributed by atoms with Gasteiger partial charge in [-0.2, -0.15) is 0 Å². The van der Waals surface area contributed by atoms with Gasteiger partial charge in [-0.3, -0.25) is 47.9 Å². The number of carbonyl (C=O) groups is 10. The Kier molecular flexibility index (Phi) is 45.2. The molecule has 29 heteroatoms. The van der Waals surface area contributed by atoms with Gasteiger partial charge < -0.3 is 84.4 Å². The number of likely N-dealkylation sites (N-methyl/N-ethyl adjacent to an activating group) is 12. The van der Waals surface area contributed by atoms with Gasteiger partial charge in [0.15, 0.2) is 0 Å². The number of Topliss-reactive ketones (excluding diaryl/α,β-unsaturated/α-hetero) is 3. The van der Waals surface area contributed by atoms with Crippen LogP contribution in [-0.4, -0.2) is 350 Å². The molecule has 0 bridgehead atoms. The summed E-state index contributed by atoms with van der Waals surface area (Å²) >= 11 is 0. The number of aromatic amines is 2. The first-order valence-corrected chi connectivity index (χ1v) is 35.2. The fraction of sp³-hybridized carbons (Fsp3) is 0.768. The van der Waals surface area contributed by atoms with Gasteiger partial charge in [0.05, 0.1) is 37.9 Å². The molecule has 5 N–H and O–H groups in total. The fourth-order valence-corrected chi connectivity index (χ4v) is 10.6. The average molecular weight is 1380 g/mol. The van der Waals surface area contributed by atoms with Crippen molar-refractivity contribution in [2.45, 2.75) is 104 Å². The molecule has 5 amide bonds. The van der Waals surface area contributed by atoms with Crippen molar-refractivity contribution in [3.63, 3.8) is 0 Å². The Bertz CT molecular complexity index is 2620. The Balaban J connectivity index is 2.37. The molecule has 98 heavy (non-hydrogen) atoms. The van der Waals surface area contributed by atoms with Crippen molar-refractivity contribution in [3.05, 3.63) is 36.4 Å². The van der Waals surface area contributed by atoms with Crippen molar-refractivity contribution in [2.24, 2.45) is 23.7 Å². The Labute approximate surface area is 584 Å². The van der Waals surface area contributed by atoms with E-state index in [4.69, 9.17) is 9.47 Å². The van der Waals surface area contributed by atoms with Gasteiger partial charge in [0, 0.05) is 247 Å². The Morgan fingerprint density at radius 2 is 0.796 bits per heavy atom. The van der Waals surface area contributed by atoms with Crippen LogP contribution < -0.4 is 16.0 Å². The van der Waals surface area contributed by atoms with Gasteiger partial charge in [-0.25, -0.2) is 9.97 Å². The Morgan fingerprint density at radius 1 is 0.429 bits per heavy atom. The molecule has 0 aliphatic rings. The molecule has 558 valence electrons. The molecule has 0 aliphatic heterocycles. The van der Waals surface area contributed by atoms with Crippen LogP contribution in [0.2, 0.25) is 0 Å². The Morgan fingerprint density at radius 3 is 1.20 bits per heavy atom. The van der Waals surface area contributed by atoms with Gasteiger partial charge in [-0.05, 0) is 69.2 Å². The zero-order valence-corrected chi connectivity index (χ0v) is 62.1. The first-order chi connectivity index (χ1) is 46.7. The summed E-state index contributed by atoms with van der Waals surface area (Å²) in [5.41, 5.74) is 0. The Hall–Kier alpha value is -6.60. The van der Waals surface area contributed by atoms with Crippen LogP contribution in [0, 0.1) is 23.7 Å². The van der Waals surface area contributed by atoms with Crippen LogP contribution in [0.4, 0.5) is 0 Å². The fourth-order valence-electron chi connectivity index (χ4n) is 10.6. The summed E-state index contributed by atoms with van der Waals surface area (Å²) in [7, 11) is 21.9. The highest BCUT2D eigenvalue weighted by Crippen LogP contribution is 2.26. The van der Waals surface area contributed by atoms with Crippen molar-refractivity contribution >= 4 is 58.8 Å². The summed E-state index contributed by atoms with van der Waals surface area (Å²) in [4.78, 5) is 172. The van der Waals surface area contributed by atoms with E-state index in [2.05, 4.69) is 45.7 Å². The minimum atomic E-state index is -1.24. The third-order valence-electron chi connectivity index (χ3n) is 17.8. The third kappa shape index (κ3) is 38.7. The van der Waals surface area contributed by atoms with Gasteiger partial charge in [0.25, 0.3) is 0 Å². The number of nitrogens with one attached hydrogen (secondary N) is 5. The van der Waals surface area contributed by atoms with Gasteiger partial charge >= 0.3 is 11.9 Å². The molecule has 0 saturated carbocycles. The van der Waals surface area contributed by atoms with E-state index in [0.717, 1.165) is 31.2 Å². The maximum atomic E-state index is 15.1. The van der Waals surface area contributed by atoms with Crippen LogP contribution in [0.1, 0.15) is 103 Å². The second kappa shape index (κ2) is 50.7. The molecule has 4 atom stereocenters. The zero-order valence-electron chi connectivity index (χ0n) is 62.1. The molecule has 0 aromatic carbocycles. The standard InChI is InChI=1S/C69H125N17O12/c1-15-17-22-76-67(94)56(53-64(91)84(12)41-37-79(7)31-27-70-3)49-59(88)50-57(69(96)86(14)43-39-80(8)32-28-71-4)51-60(89)55(52-63(90)83(11)42-38-81(9)35-33-77(5)29-18-65(92)97-45-20-61-72-23-24-73-61)48-58(87)47-54(16-2)68(95)85(13)44-40-82(10)36-34-78(6)30-19-66(93)98-46-21-62-74-25-26-75-62/h23-26,54-57,70-71H,15-22,27-53H2,1-14H3,(H,72,73)(H,74,75)(H,76,94). The smallest absolute Gasteiger partial charge is 0.307 e. The van der Waals surface area contributed by atoms with Crippen LogP contribution >= 0.6 is 0 Å². The largest absolute Gasteiger partial charge is 0.465 e. The minimum Gasteiger partial charge on any atom is -0.465 e. The summed E-state index contributed by atoms with van der Waals surface area (Å²) < 4.78 is 10.7. The van der Waals surface area contributed by atoms with Crippen molar-refractivity contribution < 1.29 is 57.4 Å². The first kappa shape index (κ1) is 87.5. The molecule has 0 fully saturated rings. The lowest BCUT2D eigenvalue weighted by molar-refractivity contribution is -0.144. The van der Waals surface area contributed by atoms with Gasteiger partial charge in [-0.1, -0.05) is 20.3 Å². The highest BCUT2D eigenvalue weighted by Gasteiger charge is 2.36. The van der Waals surface area contributed by atoms with Crippen LogP contribution in [0.5, 0.6) is 0 Å². The van der Waals surface area contributed by atoms with E-state index < -0.39 is 78.0 Å². The number of H-pyrrole nitrogens is 2. The van der Waals surface area contributed by atoms with E-state index in [-0.39, 0.29) is 88.6 Å². The molecule has 4 unspecified atom stereocenters. The second-order valence-electron chi connectivity index (χ2n) is 26.5. The first-order valence-electron chi connectivity index (χ1n) is 35.2. The summed E-state index contributed by atoms with van der Waals surface area (Å²) in [5.74, 6) is -6.74. The lowest BCUT2D eigenvalue weighted by atomic mass is 9.83. The lowest BCUT2D eigenvalue weighted by Gasteiger charge is -2.28. The average Bonchev–Trinajstić information content (AvgIpc) is 1.05. The molecule has 2 heterocycles. The van der Waals surface area contributed by atoms with Gasteiger partial charge in [-0.15, -0.1) is 0 Å². The van der Waals surface area contributed by atoms with Crippen LogP contribution in [0.3, 0.4) is 0 Å². The van der Waals surface area contributed by atoms with Crippen molar-refractivity contribution in [2.75, 3.05) is 222 Å². The number of ketones is 3. The highest BCUT2D eigenvalue weighted by molar-refractivity contribution is 5.97. The lowest BCUT2D eigenvalue weighted by Crippen LogP contribution is -2.42. The number of esters is 2. The predicted octanol–water partition coefficient (Wildman–Crippen LogP) is 0.877. The summed E-state index contributed by atoms with van der Waals surface area (Å²) in [5, 5.41) is 9.12. The second-order valence-corrected chi connectivity index (χ2v) is 26.5. The van der Waals surface area contributed by atoms with E-state index in [1.54, 1.807) is 62.8 Å². The predicted molar refractivity (Wildman–Crippen MR) is 379 cm³/mol. The van der Waals surface area contributed by atoms with Crippen LogP contribution in [0.25, 0.3) is 0 Å². The number of amides is 5. The molecule has 0 saturated heterocycles. The van der Waals surface area contributed by atoms with Crippen LogP contribution in [0.15, 0.2) is 24.8 Å². The minimum absolute atomic E-state index is 0.196. The maximum Gasteiger partial charge on any atom is 0.307 e. The molecule has 2 aromatic rings. The number of hydrogen-bond acceptors (Lipinski definition) is 22. The normalized spacial score (nSPS) is 12.9. The van der Waals surface area contributed by atoms with Gasteiger partial charge in [0.1, 0.15) is 29.0 Å². The van der Waals surface area contributed by atoms with E-state index >= 15 is 4.79 Å². The number of aromatic nitrogens is 4. The number of unbranched alkanes of at least 4 members (excludes halogenated alkanes) is 1. The monoisotopic (exact) mass is 1380 g/mol. The molecule has 0 radical (unpaired) electrons. The van der Waals surface area contributed by atoms with E-state index in [9.17, 15) is 43.2 Å². The molecule has 29 nitrogen and oxygen atoms in total. The molecule has 2 rings (SSSR count). The number of hydrogen-bond donors (Lipinski definition) is 5. The third-order valence-corrected chi connectivity index (χ3v) is 17.8. The number of carbonyl (C=O) groups excluding carboxylic acids is 10. The van der Waals surface area contributed by atoms with E-state index in [0.29, 0.717) is 124 Å². The number of ether oxygens (including phenoxy) is 2. The molecule has 0 aliphatic carbocycles. The summed E-state index contributed by atoms with van der Waals surface area (Å²) in [6.45, 7) is 14.4. The number of imidazole rings is 2. The highest BCUT2D eigenvalue weighted by atomic mass is 16.5. The summed E-state index contributed by atoms with van der Waals surface area (Å²) in [6.07, 6.45) is 7.49. The van der Waals surface area contributed by atoms with E-state index in [1.807, 2.05) is 89.8 Å². The molecular weight excluding hydrogens is 1260 g/mol.